The van der Waals surface area contributed by atoms with E-state index in [9.17, 15) is 4.79 Å². The molecule has 3 rings (SSSR count). The van der Waals surface area contributed by atoms with E-state index in [1.54, 1.807) is 18.7 Å². The summed E-state index contributed by atoms with van der Waals surface area (Å²) in [5.41, 5.74) is 1.07. The summed E-state index contributed by atoms with van der Waals surface area (Å²) in [4.78, 5) is 12.5. The van der Waals surface area contributed by atoms with Crippen molar-refractivity contribution in [3.63, 3.8) is 0 Å². The average molecular weight is 272 g/mol. The van der Waals surface area contributed by atoms with Crippen LogP contribution in [0.3, 0.4) is 0 Å². The summed E-state index contributed by atoms with van der Waals surface area (Å²) in [6.45, 7) is 6.01. The molecule has 1 aliphatic rings. The van der Waals surface area contributed by atoms with Gasteiger partial charge in [-0.15, -0.1) is 0 Å². The molecule has 1 aromatic carbocycles. The lowest BCUT2D eigenvalue weighted by atomic mass is 9.93. The van der Waals surface area contributed by atoms with Gasteiger partial charge in [-0.3, -0.25) is 4.79 Å². The van der Waals surface area contributed by atoms with Gasteiger partial charge in [-0.25, -0.2) is 0 Å². The quantitative estimate of drug-likeness (QED) is 0.800. The number of hydrogen-bond acceptors (Lipinski definition) is 3. The Morgan fingerprint density at radius 2 is 2.20 bits per heavy atom. The number of aryl methyl sites for hydroxylation is 1. The molecule has 2 heterocycles. The molecule has 20 heavy (non-hydrogen) atoms. The second-order valence-corrected chi connectivity index (χ2v) is 5.61. The standard InChI is InChI=1S/C16H18NO3/c1-16(2)8-7-12-14(20-16)11-6-5-10(19-4)9-13(11)17(3)15(12)18/h5-6,9H,1,7-8H2,2-4H3. The molecule has 0 bridgehead atoms. The minimum Gasteiger partial charge on any atom is -0.497 e. The normalized spacial score (nSPS) is 16.6. The Hall–Kier alpha value is -1.97. The van der Waals surface area contributed by atoms with E-state index in [1.165, 1.54) is 0 Å². The second-order valence-electron chi connectivity index (χ2n) is 5.61. The molecule has 0 spiro atoms. The number of fused-ring (bicyclic) bond motifs is 3. The zero-order valence-electron chi connectivity index (χ0n) is 12.0. The van der Waals surface area contributed by atoms with Crippen molar-refractivity contribution in [2.45, 2.75) is 25.4 Å². The summed E-state index contributed by atoms with van der Waals surface area (Å²) in [6.07, 6.45) is 1.45. The van der Waals surface area contributed by atoms with Crippen LogP contribution in [-0.4, -0.2) is 17.3 Å². The maximum Gasteiger partial charge on any atom is 0.257 e. The molecule has 1 atom stereocenters. The Morgan fingerprint density at radius 1 is 1.45 bits per heavy atom. The minimum absolute atomic E-state index is 0.00347. The molecule has 0 saturated carbocycles. The van der Waals surface area contributed by atoms with E-state index in [2.05, 4.69) is 6.92 Å². The maximum atomic E-state index is 12.5. The predicted molar refractivity (Wildman–Crippen MR) is 78.5 cm³/mol. The molecule has 0 N–H and O–H groups in total. The molecule has 0 saturated heterocycles. The van der Waals surface area contributed by atoms with Crippen LogP contribution < -0.4 is 15.0 Å². The van der Waals surface area contributed by atoms with Crippen molar-refractivity contribution < 1.29 is 9.47 Å². The summed E-state index contributed by atoms with van der Waals surface area (Å²) in [5, 5.41) is 0.928. The summed E-state index contributed by atoms with van der Waals surface area (Å²) in [5.74, 6) is 1.40. The van der Waals surface area contributed by atoms with Crippen LogP contribution in [-0.2, 0) is 13.5 Å². The van der Waals surface area contributed by atoms with Gasteiger partial charge < -0.3 is 14.0 Å². The topological polar surface area (TPSA) is 40.5 Å². The van der Waals surface area contributed by atoms with Crippen LogP contribution in [0.4, 0.5) is 0 Å². The van der Waals surface area contributed by atoms with Crippen molar-refractivity contribution in [1.82, 2.24) is 4.57 Å². The molecule has 4 heteroatoms. The van der Waals surface area contributed by atoms with Crippen molar-refractivity contribution >= 4 is 10.9 Å². The van der Waals surface area contributed by atoms with Gasteiger partial charge in [0.05, 0.1) is 18.2 Å². The number of rotatable bonds is 1. The van der Waals surface area contributed by atoms with Crippen LogP contribution >= 0.6 is 0 Å². The molecule has 0 fully saturated rings. The van der Waals surface area contributed by atoms with E-state index in [1.807, 2.05) is 25.1 Å². The van der Waals surface area contributed by atoms with Crippen molar-refractivity contribution in [2.75, 3.05) is 7.11 Å². The van der Waals surface area contributed by atoms with Gasteiger partial charge in [0.1, 0.15) is 17.1 Å². The van der Waals surface area contributed by atoms with Gasteiger partial charge in [0.15, 0.2) is 0 Å². The van der Waals surface area contributed by atoms with Crippen LogP contribution in [0.2, 0.25) is 0 Å². The van der Waals surface area contributed by atoms with Crippen molar-refractivity contribution in [2.24, 2.45) is 7.05 Å². The SMILES string of the molecule is [CH2]C1(C)CCc2c(c3ccc(OC)cc3n(C)c2=O)O1. The highest BCUT2D eigenvalue weighted by molar-refractivity contribution is 5.88. The molecule has 4 nitrogen and oxygen atoms in total. The van der Waals surface area contributed by atoms with Gasteiger partial charge in [0.25, 0.3) is 5.56 Å². The number of ether oxygens (including phenoxy) is 2. The maximum absolute atomic E-state index is 12.5. The fraction of sp³-hybridized carbons (Fsp3) is 0.375. The third-order valence-corrected chi connectivity index (χ3v) is 3.90. The van der Waals surface area contributed by atoms with Crippen LogP contribution in [0.5, 0.6) is 11.5 Å². The number of benzene rings is 1. The van der Waals surface area contributed by atoms with Gasteiger partial charge in [0, 0.05) is 18.5 Å². The highest BCUT2D eigenvalue weighted by atomic mass is 16.5. The first-order valence-electron chi connectivity index (χ1n) is 6.67. The van der Waals surface area contributed by atoms with Crippen LogP contribution in [0.15, 0.2) is 23.0 Å². The summed E-state index contributed by atoms with van der Waals surface area (Å²) in [6, 6.07) is 5.68. The van der Waals surface area contributed by atoms with Gasteiger partial charge in [-0.1, -0.05) is 0 Å². The number of aromatic nitrogens is 1. The van der Waals surface area contributed by atoms with E-state index >= 15 is 0 Å². The van der Waals surface area contributed by atoms with Crippen LogP contribution in [0.1, 0.15) is 18.9 Å². The molecule has 0 aliphatic carbocycles. The molecule has 105 valence electrons. The summed E-state index contributed by atoms with van der Waals surface area (Å²) < 4.78 is 12.9. The number of pyridine rings is 1. The minimum atomic E-state index is -0.480. The molecular weight excluding hydrogens is 254 g/mol. The number of nitrogens with zero attached hydrogens (tertiary/aromatic N) is 1. The number of methoxy groups -OCH3 is 1. The van der Waals surface area contributed by atoms with Crippen LogP contribution in [0, 0.1) is 6.92 Å². The van der Waals surface area contributed by atoms with Crippen LogP contribution in [0.25, 0.3) is 10.9 Å². The smallest absolute Gasteiger partial charge is 0.257 e. The van der Waals surface area contributed by atoms with E-state index < -0.39 is 5.60 Å². The fourth-order valence-electron chi connectivity index (χ4n) is 2.70. The molecule has 1 aromatic heterocycles. The molecule has 1 unspecified atom stereocenters. The second kappa shape index (κ2) is 4.27. The van der Waals surface area contributed by atoms with E-state index in [0.717, 1.165) is 28.6 Å². The van der Waals surface area contributed by atoms with Gasteiger partial charge in [-0.05, 0) is 38.8 Å². The van der Waals surface area contributed by atoms with E-state index in [0.29, 0.717) is 12.2 Å². The van der Waals surface area contributed by atoms with Crippen molar-refractivity contribution in [1.29, 1.82) is 0 Å². The molecule has 1 aliphatic heterocycles. The zero-order valence-corrected chi connectivity index (χ0v) is 12.0. The Kier molecular flexibility index (Phi) is 2.78. The predicted octanol–water partition coefficient (Wildman–Crippen LogP) is 2.46. The molecule has 2 aromatic rings. The van der Waals surface area contributed by atoms with Gasteiger partial charge >= 0.3 is 0 Å². The fourth-order valence-corrected chi connectivity index (χ4v) is 2.70. The summed E-state index contributed by atoms with van der Waals surface area (Å²) >= 11 is 0. The first-order chi connectivity index (χ1) is 9.43. The van der Waals surface area contributed by atoms with Gasteiger partial charge in [-0.2, -0.15) is 0 Å². The highest BCUT2D eigenvalue weighted by Gasteiger charge is 2.30. The van der Waals surface area contributed by atoms with Crippen molar-refractivity contribution in [3.8, 4) is 11.5 Å². The first-order valence-corrected chi connectivity index (χ1v) is 6.67. The lowest BCUT2D eigenvalue weighted by molar-refractivity contribution is 0.113. The van der Waals surface area contributed by atoms with E-state index in [4.69, 9.17) is 9.47 Å². The third-order valence-electron chi connectivity index (χ3n) is 3.90. The Labute approximate surface area is 117 Å². The zero-order chi connectivity index (χ0) is 14.5. The first kappa shape index (κ1) is 13.0. The van der Waals surface area contributed by atoms with Gasteiger partial charge in [0.2, 0.25) is 0 Å². The Balaban J connectivity index is 2.37. The Bertz CT molecular complexity index is 743. The monoisotopic (exact) mass is 272 g/mol. The third kappa shape index (κ3) is 1.87. The molecule has 0 amide bonds. The van der Waals surface area contributed by atoms with E-state index in [-0.39, 0.29) is 5.56 Å². The average Bonchev–Trinajstić information content (AvgIpc) is 2.43. The number of hydrogen-bond donors (Lipinski definition) is 0. The van der Waals surface area contributed by atoms with Crippen molar-refractivity contribution in [3.05, 3.63) is 41.0 Å². The molecular formula is C16H18NO3. The summed E-state index contributed by atoms with van der Waals surface area (Å²) in [7, 11) is 3.39. The highest BCUT2D eigenvalue weighted by Crippen LogP contribution is 2.37. The molecule has 1 radical (unpaired) electrons. The lowest BCUT2D eigenvalue weighted by Crippen LogP contribution is -2.37. The largest absolute Gasteiger partial charge is 0.497 e. The lowest BCUT2D eigenvalue weighted by Gasteiger charge is -2.33. The Morgan fingerprint density at radius 3 is 2.90 bits per heavy atom.